The average molecular weight is 349 g/mol. The first-order valence-corrected chi connectivity index (χ1v) is 7.67. The Morgan fingerprint density at radius 2 is 1.58 bits per heavy atom. The first-order chi connectivity index (χ1) is 8.65. The van der Waals surface area contributed by atoms with Crippen molar-refractivity contribution in [2.24, 2.45) is 0 Å². The number of rotatable bonds is 5. The van der Waals surface area contributed by atoms with Crippen molar-refractivity contribution in [1.82, 2.24) is 4.72 Å². The summed E-state index contributed by atoms with van der Waals surface area (Å²) in [6.07, 6.45) is 0. The third-order valence-corrected chi connectivity index (χ3v) is 5.17. The van der Waals surface area contributed by atoms with Crippen molar-refractivity contribution in [3.63, 3.8) is 0 Å². The molecule has 0 bridgehead atoms. The maximum atomic E-state index is 12.1. The standard InChI is InChI=1S/C10H12Cl3NO4S/c1-10(4-15,5-16)14-19(17,18)9-3-7(12)6(11)2-8(9)13/h2-3,14-16H,4-5H2,1H3. The number of benzene rings is 1. The molecule has 9 heteroatoms. The van der Waals surface area contributed by atoms with Gasteiger partial charge < -0.3 is 10.2 Å². The lowest BCUT2D eigenvalue weighted by molar-refractivity contribution is 0.122. The minimum Gasteiger partial charge on any atom is -0.394 e. The van der Waals surface area contributed by atoms with E-state index in [1.165, 1.54) is 13.0 Å². The van der Waals surface area contributed by atoms with E-state index < -0.39 is 28.8 Å². The van der Waals surface area contributed by atoms with E-state index in [2.05, 4.69) is 4.72 Å². The molecule has 0 aromatic heterocycles. The summed E-state index contributed by atoms with van der Waals surface area (Å²) in [6.45, 7) is 0.180. The number of halogens is 3. The van der Waals surface area contributed by atoms with E-state index in [4.69, 9.17) is 45.0 Å². The second-order valence-electron chi connectivity index (χ2n) is 4.18. The summed E-state index contributed by atoms with van der Waals surface area (Å²) < 4.78 is 26.4. The Labute approximate surface area is 126 Å². The predicted octanol–water partition coefficient (Wildman–Crippen LogP) is 1.67. The van der Waals surface area contributed by atoms with Gasteiger partial charge >= 0.3 is 0 Å². The molecule has 0 radical (unpaired) electrons. The molecule has 3 N–H and O–H groups in total. The monoisotopic (exact) mass is 347 g/mol. The van der Waals surface area contributed by atoms with Crippen LogP contribution in [0, 0.1) is 0 Å². The van der Waals surface area contributed by atoms with Gasteiger partial charge in [0.15, 0.2) is 0 Å². The SMILES string of the molecule is CC(CO)(CO)NS(=O)(=O)c1cc(Cl)c(Cl)cc1Cl. The van der Waals surface area contributed by atoms with Crippen LogP contribution >= 0.6 is 34.8 Å². The molecule has 19 heavy (non-hydrogen) atoms. The lowest BCUT2D eigenvalue weighted by atomic mass is 10.1. The van der Waals surface area contributed by atoms with Gasteiger partial charge in [0.1, 0.15) is 4.90 Å². The Morgan fingerprint density at radius 3 is 2.05 bits per heavy atom. The smallest absolute Gasteiger partial charge is 0.242 e. The Hall–Kier alpha value is -0.0800. The van der Waals surface area contributed by atoms with Crippen molar-refractivity contribution in [1.29, 1.82) is 0 Å². The van der Waals surface area contributed by atoms with Crippen LogP contribution in [0.1, 0.15) is 6.92 Å². The van der Waals surface area contributed by atoms with Crippen molar-refractivity contribution < 1.29 is 18.6 Å². The number of aliphatic hydroxyl groups excluding tert-OH is 2. The molecule has 0 amide bonds. The van der Waals surface area contributed by atoms with E-state index in [0.29, 0.717) is 0 Å². The van der Waals surface area contributed by atoms with Gasteiger partial charge in [0.25, 0.3) is 0 Å². The van der Waals surface area contributed by atoms with E-state index in [0.717, 1.165) is 6.07 Å². The summed E-state index contributed by atoms with van der Waals surface area (Å²) in [5.74, 6) is 0. The van der Waals surface area contributed by atoms with Crippen LogP contribution in [0.15, 0.2) is 17.0 Å². The van der Waals surface area contributed by atoms with Crippen LogP contribution in [0.25, 0.3) is 0 Å². The minimum absolute atomic E-state index is 0.0288. The Balaban J connectivity index is 3.25. The molecule has 0 spiro atoms. The van der Waals surface area contributed by atoms with Crippen LogP contribution in [0.4, 0.5) is 0 Å². The van der Waals surface area contributed by atoms with E-state index in [1.807, 2.05) is 0 Å². The molecular weight excluding hydrogens is 337 g/mol. The zero-order chi connectivity index (χ0) is 14.8. The summed E-state index contributed by atoms with van der Waals surface area (Å²) in [7, 11) is -4.06. The van der Waals surface area contributed by atoms with E-state index in [1.54, 1.807) is 0 Å². The quantitative estimate of drug-likeness (QED) is 0.706. The number of sulfonamides is 1. The molecule has 0 atom stereocenters. The fourth-order valence-corrected chi connectivity index (χ4v) is 3.60. The highest BCUT2D eigenvalue weighted by atomic mass is 35.5. The molecule has 5 nitrogen and oxygen atoms in total. The van der Waals surface area contributed by atoms with E-state index in [-0.39, 0.29) is 20.0 Å². The summed E-state index contributed by atoms with van der Waals surface area (Å²) in [4.78, 5) is -0.281. The third kappa shape index (κ3) is 3.95. The van der Waals surface area contributed by atoms with Crippen LogP contribution in [0.3, 0.4) is 0 Å². The van der Waals surface area contributed by atoms with Crippen molar-refractivity contribution in [3.8, 4) is 0 Å². The van der Waals surface area contributed by atoms with Crippen molar-refractivity contribution in [3.05, 3.63) is 27.2 Å². The number of hydrogen-bond donors (Lipinski definition) is 3. The van der Waals surface area contributed by atoms with Crippen LogP contribution in [0.5, 0.6) is 0 Å². The van der Waals surface area contributed by atoms with Gasteiger partial charge in [-0.05, 0) is 19.1 Å². The third-order valence-electron chi connectivity index (χ3n) is 2.34. The molecule has 1 aromatic carbocycles. The molecule has 1 rings (SSSR count). The van der Waals surface area contributed by atoms with Gasteiger partial charge in [0.05, 0.1) is 33.8 Å². The number of aliphatic hydroxyl groups is 2. The van der Waals surface area contributed by atoms with Gasteiger partial charge in [-0.3, -0.25) is 0 Å². The molecule has 0 heterocycles. The molecule has 108 valence electrons. The molecule has 0 saturated carbocycles. The molecule has 0 saturated heterocycles. The van der Waals surface area contributed by atoms with Crippen LogP contribution in [-0.2, 0) is 10.0 Å². The molecule has 0 unspecified atom stereocenters. The Morgan fingerprint density at radius 1 is 1.11 bits per heavy atom. The van der Waals surface area contributed by atoms with Crippen LogP contribution in [-0.4, -0.2) is 37.4 Å². The highest BCUT2D eigenvalue weighted by Gasteiger charge is 2.31. The second kappa shape index (κ2) is 6.13. The molecule has 0 aliphatic heterocycles. The molecular formula is C10H12Cl3NO4S. The lowest BCUT2D eigenvalue weighted by Gasteiger charge is -2.26. The largest absolute Gasteiger partial charge is 0.394 e. The first-order valence-electron chi connectivity index (χ1n) is 5.05. The topological polar surface area (TPSA) is 86.6 Å². The molecule has 0 fully saturated rings. The van der Waals surface area contributed by atoms with Crippen molar-refractivity contribution >= 4 is 44.8 Å². The summed E-state index contributed by atoms with van der Waals surface area (Å²) >= 11 is 17.3. The van der Waals surface area contributed by atoms with Crippen LogP contribution in [0.2, 0.25) is 15.1 Å². The van der Waals surface area contributed by atoms with Gasteiger partial charge in [0.2, 0.25) is 10.0 Å². The maximum absolute atomic E-state index is 12.1. The summed E-state index contributed by atoms with van der Waals surface area (Å²) in [5, 5.41) is 18.2. The van der Waals surface area contributed by atoms with E-state index >= 15 is 0 Å². The second-order valence-corrected chi connectivity index (χ2v) is 7.05. The van der Waals surface area contributed by atoms with Crippen molar-refractivity contribution in [2.75, 3.05) is 13.2 Å². The minimum atomic E-state index is -4.06. The van der Waals surface area contributed by atoms with Gasteiger partial charge in [-0.15, -0.1) is 0 Å². The molecule has 0 aliphatic carbocycles. The maximum Gasteiger partial charge on any atom is 0.242 e. The first kappa shape index (κ1) is 17.0. The Bertz CT molecular complexity index is 572. The lowest BCUT2D eigenvalue weighted by Crippen LogP contribution is -2.51. The summed E-state index contributed by atoms with van der Waals surface area (Å²) in [5.41, 5.74) is -1.41. The number of nitrogens with one attached hydrogen (secondary N) is 1. The average Bonchev–Trinajstić information content (AvgIpc) is 2.33. The fourth-order valence-electron chi connectivity index (χ4n) is 1.20. The number of hydrogen-bond acceptors (Lipinski definition) is 4. The van der Waals surface area contributed by atoms with Gasteiger partial charge in [0, 0.05) is 0 Å². The predicted molar refractivity (Wildman–Crippen MR) is 74.4 cm³/mol. The zero-order valence-corrected chi connectivity index (χ0v) is 12.9. The normalized spacial score (nSPS) is 12.7. The highest BCUT2D eigenvalue weighted by Crippen LogP contribution is 2.31. The fraction of sp³-hybridized carbons (Fsp3) is 0.400. The van der Waals surface area contributed by atoms with Crippen LogP contribution < -0.4 is 4.72 Å². The Kier molecular flexibility index (Phi) is 5.48. The van der Waals surface area contributed by atoms with Gasteiger partial charge in [-0.1, -0.05) is 34.8 Å². The summed E-state index contributed by atoms with van der Waals surface area (Å²) in [6, 6.07) is 2.30. The van der Waals surface area contributed by atoms with Gasteiger partial charge in [-0.2, -0.15) is 0 Å². The van der Waals surface area contributed by atoms with E-state index in [9.17, 15) is 8.42 Å². The highest BCUT2D eigenvalue weighted by molar-refractivity contribution is 7.89. The van der Waals surface area contributed by atoms with Gasteiger partial charge in [-0.25, -0.2) is 13.1 Å². The molecule has 1 aromatic rings. The zero-order valence-electron chi connectivity index (χ0n) is 9.82. The molecule has 0 aliphatic rings. The van der Waals surface area contributed by atoms with Crippen molar-refractivity contribution in [2.45, 2.75) is 17.4 Å².